The summed E-state index contributed by atoms with van der Waals surface area (Å²) in [6.07, 6.45) is 1.49. The number of ether oxygens (including phenoxy) is 2. The minimum Gasteiger partial charge on any atom is -0.493 e. The zero-order valence-corrected chi connectivity index (χ0v) is 11.6. The average Bonchev–Trinajstić information content (AvgIpc) is 2.49. The number of hydrazone groups is 1. The van der Waals surface area contributed by atoms with Crippen LogP contribution in [-0.2, 0) is 0 Å². The van der Waals surface area contributed by atoms with Crippen molar-refractivity contribution in [1.82, 2.24) is 0 Å². The van der Waals surface area contributed by atoms with E-state index < -0.39 is 11.6 Å². The van der Waals surface area contributed by atoms with Gasteiger partial charge in [0.2, 0.25) is 0 Å². The van der Waals surface area contributed by atoms with Gasteiger partial charge in [-0.3, -0.25) is 5.43 Å². The van der Waals surface area contributed by atoms with Crippen molar-refractivity contribution in [2.75, 3.05) is 19.6 Å². The Labute approximate surface area is 121 Å². The Morgan fingerprint density at radius 2 is 1.76 bits per heavy atom. The van der Waals surface area contributed by atoms with Crippen molar-refractivity contribution in [2.24, 2.45) is 5.10 Å². The molecule has 0 aliphatic rings. The zero-order chi connectivity index (χ0) is 15.2. The Morgan fingerprint density at radius 3 is 2.43 bits per heavy atom. The van der Waals surface area contributed by atoms with Gasteiger partial charge in [0, 0.05) is 6.07 Å². The minimum atomic E-state index is -0.709. The van der Waals surface area contributed by atoms with Gasteiger partial charge in [-0.2, -0.15) is 5.10 Å². The van der Waals surface area contributed by atoms with Crippen LogP contribution in [0.2, 0.25) is 0 Å². The lowest BCUT2D eigenvalue weighted by molar-refractivity contribution is 0.355. The molecule has 6 heteroatoms. The number of nitrogens with zero attached hydrogens (tertiary/aromatic N) is 1. The summed E-state index contributed by atoms with van der Waals surface area (Å²) >= 11 is 0. The molecule has 2 rings (SSSR count). The third-order valence-electron chi connectivity index (χ3n) is 2.74. The zero-order valence-electron chi connectivity index (χ0n) is 11.6. The van der Waals surface area contributed by atoms with Crippen LogP contribution in [0.3, 0.4) is 0 Å². The van der Waals surface area contributed by atoms with E-state index in [9.17, 15) is 8.78 Å². The monoisotopic (exact) mass is 292 g/mol. The molecule has 0 unspecified atom stereocenters. The molecule has 2 aromatic rings. The van der Waals surface area contributed by atoms with Crippen molar-refractivity contribution in [3.05, 3.63) is 53.6 Å². The van der Waals surface area contributed by atoms with Crippen LogP contribution in [0, 0.1) is 11.6 Å². The van der Waals surface area contributed by atoms with Gasteiger partial charge < -0.3 is 9.47 Å². The van der Waals surface area contributed by atoms with Gasteiger partial charge in [0.25, 0.3) is 0 Å². The molecule has 1 N–H and O–H groups in total. The Balaban J connectivity index is 2.11. The Kier molecular flexibility index (Phi) is 4.71. The second-order valence-electron chi connectivity index (χ2n) is 4.11. The maximum Gasteiger partial charge on any atom is 0.161 e. The fraction of sp³-hybridized carbons (Fsp3) is 0.133. The molecule has 0 aromatic heterocycles. The number of anilines is 1. The van der Waals surface area contributed by atoms with Crippen LogP contribution in [0.15, 0.2) is 41.5 Å². The van der Waals surface area contributed by atoms with Crippen LogP contribution >= 0.6 is 0 Å². The highest BCUT2D eigenvalue weighted by Crippen LogP contribution is 2.26. The van der Waals surface area contributed by atoms with E-state index in [1.54, 1.807) is 25.3 Å². The predicted molar refractivity (Wildman–Crippen MR) is 77.1 cm³/mol. The quantitative estimate of drug-likeness (QED) is 0.678. The summed E-state index contributed by atoms with van der Waals surface area (Å²) in [6.45, 7) is 0. The summed E-state index contributed by atoms with van der Waals surface area (Å²) in [5, 5.41) is 3.90. The third-order valence-corrected chi connectivity index (χ3v) is 2.74. The van der Waals surface area contributed by atoms with Gasteiger partial charge in [-0.05, 0) is 35.9 Å². The first-order chi connectivity index (χ1) is 10.1. The van der Waals surface area contributed by atoms with Crippen molar-refractivity contribution >= 4 is 11.9 Å². The van der Waals surface area contributed by atoms with Crippen molar-refractivity contribution in [3.63, 3.8) is 0 Å². The fourth-order valence-electron chi connectivity index (χ4n) is 1.69. The number of hydrogen-bond acceptors (Lipinski definition) is 4. The van der Waals surface area contributed by atoms with E-state index in [4.69, 9.17) is 9.47 Å². The number of nitrogens with one attached hydrogen (secondary N) is 1. The van der Waals surface area contributed by atoms with Gasteiger partial charge in [0.15, 0.2) is 17.3 Å². The highest BCUT2D eigenvalue weighted by Gasteiger charge is 2.04. The van der Waals surface area contributed by atoms with Crippen molar-refractivity contribution < 1.29 is 18.3 Å². The normalized spacial score (nSPS) is 10.7. The molecule has 4 nitrogen and oxygen atoms in total. The number of benzene rings is 2. The highest BCUT2D eigenvalue weighted by atomic mass is 19.1. The molecule has 0 fully saturated rings. The van der Waals surface area contributed by atoms with Crippen molar-refractivity contribution in [2.45, 2.75) is 0 Å². The van der Waals surface area contributed by atoms with Gasteiger partial charge >= 0.3 is 0 Å². The maximum atomic E-state index is 13.4. The average molecular weight is 292 g/mol. The number of rotatable bonds is 5. The Morgan fingerprint density at radius 1 is 1.00 bits per heavy atom. The smallest absolute Gasteiger partial charge is 0.161 e. The standard InChI is InChI=1S/C15H14F2N2O2/c1-20-14-6-3-10(7-15(14)21-2)9-18-19-13-5-4-11(16)8-12(13)17/h3-9,19H,1-2H3/b18-9+. The molecule has 0 saturated heterocycles. The minimum absolute atomic E-state index is 0.0909. The second-order valence-corrected chi connectivity index (χ2v) is 4.11. The summed E-state index contributed by atoms with van der Waals surface area (Å²) in [5.41, 5.74) is 3.34. The molecule has 0 aliphatic carbocycles. The Bertz CT molecular complexity index is 660. The van der Waals surface area contributed by atoms with Crippen LogP contribution < -0.4 is 14.9 Å². The first-order valence-corrected chi connectivity index (χ1v) is 6.10. The molecule has 21 heavy (non-hydrogen) atoms. The van der Waals surface area contributed by atoms with E-state index in [1.807, 2.05) is 0 Å². The van der Waals surface area contributed by atoms with Gasteiger partial charge in [-0.15, -0.1) is 0 Å². The van der Waals surface area contributed by atoms with E-state index in [0.717, 1.165) is 17.7 Å². The molecule has 0 atom stereocenters. The van der Waals surface area contributed by atoms with Gasteiger partial charge in [0.05, 0.1) is 26.1 Å². The molecular formula is C15H14F2N2O2. The molecule has 0 bridgehead atoms. The largest absolute Gasteiger partial charge is 0.493 e. The molecule has 0 saturated carbocycles. The molecule has 0 aliphatic heterocycles. The molecule has 0 heterocycles. The van der Waals surface area contributed by atoms with Crippen LogP contribution in [0.4, 0.5) is 14.5 Å². The lowest BCUT2D eigenvalue weighted by Crippen LogP contribution is -1.95. The second kappa shape index (κ2) is 6.69. The van der Waals surface area contributed by atoms with Crippen LogP contribution in [0.25, 0.3) is 0 Å². The summed E-state index contributed by atoms with van der Waals surface area (Å²) < 4.78 is 36.4. The SMILES string of the molecule is COc1ccc(/C=N/Nc2ccc(F)cc2F)cc1OC. The van der Waals surface area contributed by atoms with E-state index in [1.165, 1.54) is 19.4 Å². The molecule has 0 amide bonds. The lowest BCUT2D eigenvalue weighted by atomic mass is 10.2. The molecule has 2 aromatic carbocycles. The summed E-state index contributed by atoms with van der Waals surface area (Å²) in [5.74, 6) is -0.178. The van der Waals surface area contributed by atoms with Crippen LogP contribution in [0.5, 0.6) is 11.5 Å². The molecule has 0 radical (unpaired) electrons. The summed E-state index contributed by atoms with van der Waals surface area (Å²) in [7, 11) is 3.08. The van der Waals surface area contributed by atoms with Crippen molar-refractivity contribution in [1.29, 1.82) is 0 Å². The van der Waals surface area contributed by atoms with Crippen molar-refractivity contribution in [3.8, 4) is 11.5 Å². The Hall–Kier alpha value is -2.63. The molecular weight excluding hydrogens is 278 g/mol. The first kappa shape index (κ1) is 14.8. The summed E-state index contributed by atoms with van der Waals surface area (Å²) in [6, 6.07) is 8.44. The number of hydrogen-bond donors (Lipinski definition) is 1. The van der Waals surface area contributed by atoms with Gasteiger partial charge in [-0.25, -0.2) is 8.78 Å². The maximum absolute atomic E-state index is 13.4. The highest BCUT2D eigenvalue weighted by molar-refractivity contribution is 5.81. The van der Waals surface area contributed by atoms with Gasteiger partial charge in [-0.1, -0.05) is 0 Å². The fourth-order valence-corrected chi connectivity index (χ4v) is 1.69. The lowest BCUT2D eigenvalue weighted by Gasteiger charge is -2.07. The summed E-state index contributed by atoms with van der Waals surface area (Å²) in [4.78, 5) is 0. The third kappa shape index (κ3) is 3.68. The van der Waals surface area contributed by atoms with Gasteiger partial charge in [0.1, 0.15) is 5.82 Å². The number of halogens is 2. The first-order valence-electron chi connectivity index (χ1n) is 6.10. The predicted octanol–water partition coefficient (Wildman–Crippen LogP) is 3.43. The van der Waals surface area contributed by atoms with E-state index in [2.05, 4.69) is 10.5 Å². The topological polar surface area (TPSA) is 42.8 Å². The van der Waals surface area contributed by atoms with Crippen LogP contribution in [-0.4, -0.2) is 20.4 Å². The van der Waals surface area contributed by atoms with E-state index >= 15 is 0 Å². The number of methoxy groups -OCH3 is 2. The van der Waals surface area contributed by atoms with E-state index in [0.29, 0.717) is 11.5 Å². The molecule has 110 valence electrons. The van der Waals surface area contributed by atoms with Crippen LogP contribution in [0.1, 0.15) is 5.56 Å². The molecule has 0 spiro atoms. The van der Waals surface area contributed by atoms with E-state index in [-0.39, 0.29) is 5.69 Å².